The Hall–Kier alpha value is -3.26. The van der Waals surface area contributed by atoms with Crippen molar-refractivity contribution in [1.29, 1.82) is 0 Å². The molecule has 0 saturated heterocycles. The zero-order valence-corrected chi connectivity index (χ0v) is 15.0. The maximum atomic E-state index is 12.2. The number of thiazole rings is 1. The summed E-state index contributed by atoms with van der Waals surface area (Å²) < 4.78 is 0.913. The molecule has 2 heterocycles. The van der Waals surface area contributed by atoms with Crippen LogP contribution >= 0.6 is 11.3 Å². The highest BCUT2D eigenvalue weighted by molar-refractivity contribution is 7.20. The molecule has 0 saturated carbocycles. The highest BCUT2D eigenvalue weighted by atomic mass is 32.1. The van der Waals surface area contributed by atoms with E-state index >= 15 is 0 Å². The summed E-state index contributed by atoms with van der Waals surface area (Å²) in [5, 5.41) is 4.46. The predicted octanol–water partition coefficient (Wildman–Crippen LogP) is 3.27. The Morgan fingerprint density at radius 3 is 2.77 bits per heavy atom. The van der Waals surface area contributed by atoms with Crippen LogP contribution in [0.2, 0.25) is 0 Å². The minimum Gasteiger partial charge on any atom is -0.399 e. The highest BCUT2D eigenvalue weighted by Gasteiger charge is 2.16. The summed E-state index contributed by atoms with van der Waals surface area (Å²) in [7, 11) is 3.42. The van der Waals surface area contributed by atoms with Crippen LogP contribution in [0.25, 0.3) is 21.1 Å². The fraction of sp³-hybridized carbons (Fsp3) is 0.111. The number of benzene rings is 2. The Bertz CT molecular complexity index is 1140. The van der Waals surface area contributed by atoms with Crippen molar-refractivity contribution in [1.82, 2.24) is 19.9 Å². The third-order valence-electron chi connectivity index (χ3n) is 3.84. The molecule has 0 aliphatic carbocycles. The zero-order valence-electron chi connectivity index (χ0n) is 14.2. The number of carbonyl (C=O) groups is 1. The molecule has 4 rings (SSSR count). The van der Waals surface area contributed by atoms with Gasteiger partial charge < -0.3 is 16.0 Å². The van der Waals surface area contributed by atoms with Crippen molar-refractivity contribution in [3.05, 3.63) is 47.6 Å². The lowest BCUT2D eigenvalue weighted by Crippen LogP contribution is -2.21. The van der Waals surface area contributed by atoms with Gasteiger partial charge in [0.25, 0.3) is 5.91 Å². The van der Waals surface area contributed by atoms with Gasteiger partial charge in [0.05, 0.1) is 4.70 Å². The molecule has 26 heavy (non-hydrogen) atoms. The van der Waals surface area contributed by atoms with Gasteiger partial charge in [-0.25, -0.2) is 15.0 Å². The van der Waals surface area contributed by atoms with E-state index < -0.39 is 0 Å². The molecular weight excluding hydrogens is 348 g/mol. The van der Waals surface area contributed by atoms with Gasteiger partial charge in [0.15, 0.2) is 5.01 Å². The summed E-state index contributed by atoms with van der Waals surface area (Å²) in [6, 6.07) is 11.2. The lowest BCUT2D eigenvalue weighted by atomic mass is 10.2. The standard InChI is InChI=1S/C18H16N6OS/c1-24(2)17(25)16-22-15-13(26-16)7-6-10-9-20-18(23-14(10)15)21-12-5-3-4-11(19)8-12/h3-9H,19H2,1-2H3,(H,20,21,23). The Labute approximate surface area is 153 Å². The number of nitrogens with zero attached hydrogens (tertiary/aromatic N) is 4. The van der Waals surface area contributed by atoms with Crippen LogP contribution in [0.4, 0.5) is 17.3 Å². The average molecular weight is 364 g/mol. The van der Waals surface area contributed by atoms with Gasteiger partial charge in [-0.05, 0) is 30.3 Å². The van der Waals surface area contributed by atoms with Gasteiger partial charge >= 0.3 is 0 Å². The van der Waals surface area contributed by atoms with E-state index in [0.717, 1.165) is 15.8 Å². The number of fused-ring (bicyclic) bond motifs is 3. The number of nitrogens with two attached hydrogens (primary N) is 1. The van der Waals surface area contributed by atoms with Crippen molar-refractivity contribution in [3.8, 4) is 0 Å². The number of hydrogen-bond donors (Lipinski definition) is 2. The number of amides is 1. The van der Waals surface area contributed by atoms with E-state index in [-0.39, 0.29) is 5.91 Å². The fourth-order valence-corrected chi connectivity index (χ4v) is 3.56. The number of nitrogens with one attached hydrogen (secondary N) is 1. The molecule has 1 amide bonds. The molecule has 0 bridgehead atoms. The van der Waals surface area contributed by atoms with Gasteiger partial charge in [-0.2, -0.15) is 0 Å². The Morgan fingerprint density at radius 1 is 1.15 bits per heavy atom. The second-order valence-electron chi connectivity index (χ2n) is 6.01. The second kappa shape index (κ2) is 6.23. The van der Waals surface area contributed by atoms with Crippen molar-refractivity contribution in [2.45, 2.75) is 0 Å². The van der Waals surface area contributed by atoms with Crippen molar-refractivity contribution >= 4 is 55.7 Å². The molecule has 3 N–H and O–H groups in total. The predicted molar refractivity (Wildman–Crippen MR) is 105 cm³/mol. The van der Waals surface area contributed by atoms with Crippen LogP contribution in [-0.4, -0.2) is 39.9 Å². The molecule has 0 fully saturated rings. The minimum absolute atomic E-state index is 0.119. The number of aromatic nitrogens is 3. The molecule has 0 atom stereocenters. The first-order valence-electron chi connectivity index (χ1n) is 7.92. The smallest absolute Gasteiger partial charge is 0.282 e. The number of rotatable bonds is 3. The van der Waals surface area contributed by atoms with Gasteiger partial charge in [-0.1, -0.05) is 6.07 Å². The van der Waals surface area contributed by atoms with E-state index in [1.54, 1.807) is 20.3 Å². The molecule has 0 unspecified atom stereocenters. The summed E-state index contributed by atoms with van der Waals surface area (Å²) in [6.07, 6.45) is 1.74. The van der Waals surface area contributed by atoms with E-state index in [1.807, 2.05) is 36.4 Å². The number of carbonyl (C=O) groups excluding carboxylic acids is 1. The van der Waals surface area contributed by atoms with Gasteiger partial charge in [-0.15, -0.1) is 11.3 Å². The third kappa shape index (κ3) is 2.91. The molecule has 7 nitrogen and oxygen atoms in total. The maximum absolute atomic E-state index is 12.2. The SMILES string of the molecule is CN(C)C(=O)c1nc2c(ccc3cnc(Nc4cccc(N)c4)nc32)s1. The van der Waals surface area contributed by atoms with E-state index in [0.29, 0.717) is 27.7 Å². The number of nitrogen functional groups attached to an aromatic ring is 1. The largest absolute Gasteiger partial charge is 0.399 e. The van der Waals surface area contributed by atoms with Crippen LogP contribution in [-0.2, 0) is 0 Å². The monoisotopic (exact) mass is 364 g/mol. The molecule has 8 heteroatoms. The van der Waals surface area contributed by atoms with Crippen LogP contribution in [0, 0.1) is 0 Å². The molecular formula is C18H16N6OS. The fourth-order valence-electron chi connectivity index (χ4n) is 2.57. The molecule has 0 radical (unpaired) electrons. The van der Waals surface area contributed by atoms with Crippen molar-refractivity contribution in [2.24, 2.45) is 0 Å². The van der Waals surface area contributed by atoms with Crippen molar-refractivity contribution < 1.29 is 4.79 Å². The van der Waals surface area contributed by atoms with Crippen LogP contribution in [0.3, 0.4) is 0 Å². The van der Waals surface area contributed by atoms with E-state index in [9.17, 15) is 4.79 Å². The molecule has 0 spiro atoms. The van der Waals surface area contributed by atoms with Crippen LogP contribution in [0.5, 0.6) is 0 Å². The topological polar surface area (TPSA) is 97.0 Å². The number of hydrogen-bond acceptors (Lipinski definition) is 7. The molecule has 2 aromatic heterocycles. The van der Waals surface area contributed by atoms with E-state index in [4.69, 9.17) is 5.73 Å². The normalized spacial score (nSPS) is 11.0. The second-order valence-corrected chi connectivity index (χ2v) is 7.04. The van der Waals surface area contributed by atoms with Crippen LogP contribution < -0.4 is 11.1 Å². The highest BCUT2D eigenvalue weighted by Crippen LogP contribution is 2.29. The first-order chi connectivity index (χ1) is 12.5. The minimum atomic E-state index is -0.119. The lowest BCUT2D eigenvalue weighted by molar-refractivity contribution is 0.0827. The summed E-state index contributed by atoms with van der Waals surface area (Å²) >= 11 is 1.36. The van der Waals surface area contributed by atoms with Crippen LogP contribution in [0.1, 0.15) is 9.80 Å². The summed E-state index contributed by atoms with van der Waals surface area (Å²) in [4.78, 5) is 27.2. The molecule has 4 aromatic rings. The Kier molecular flexibility index (Phi) is 3.89. The van der Waals surface area contributed by atoms with Gasteiger partial charge in [-0.3, -0.25) is 4.79 Å². The van der Waals surface area contributed by atoms with E-state index in [1.165, 1.54) is 16.2 Å². The first kappa shape index (κ1) is 16.2. The van der Waals surface area contributed by atoms with Gasteiger partial charge in [0, 0.05) is 37.1 Å². The molecule has 130 valence electrons. The quantitative estimate of drug-likeness (QED) is 0.542. The average Bonchev–Trinajstić information content (AvgIpc) is 3.05. The van der Waals surface area contributed by atoms with Gasteiger partial charge in [0.1, 0.15) is 11.0 Å². The van der Waals surface area contributed by atoms with Crippen LogP contribution in [0.15, 0.2) is 42.6 Å². The summed E-state index contributed by atoms with van der Waals surface area (Å²) in [5.74, 6) is 0.329. The van der Waals surface area contributed by atoms with E-state index in [2.05, 4.69) is 20.3 Å². The summed E-state index contributed by atoms with van der Waals surface area (Å²) in [5.41, 5.74) is 8.68. The van der Waals surface area contributed by atoms with Crippen molar-refractivity contribution in [3.63, 3.8) is 0 Å². The number of anilines is 3. The molecule has 2 aromatic carbocycles. The molecule has 0 aliphatic heterocycles. The maximum Gasteiger partial charge on any atom is 0.282 e. The summed E-state index contributed by atoms with van der Waals surface area (Å²) in [6.45, 7) is 0. The third-order valence-corrected chi connectivity index (χ3v) is 4.85. The zero-order chi connectivity index (χ0) is 18.3. The first-order valence-corrected chi connectivity index (χ1v) is 8.73. The Morgan fingerprint density at radius 2 is 2.00 bits per heavy atom. The molecule has 0 aliphatic rings. The van der Waals surface area contributed by atoms with Gasteiger partial charge in [0.2, 0.25) is 5.95 Å². The lowest BCUT2D eigenvalue weighted by Gasteiger charge is -2.06. The van der Waals surface area contributed by atoms with Crippen molar-refractivity contribution in [2.75, 3.05) is 25.1 Å². The Balaban J connectivity index is 1.80.